The number of aromatic nitrogens is 3. The number of hydrogen-bond acceptors (Lipinski definition) is 3. The van der Waals surface area contributed by atoms with Crippen molar-refractivity contribution in [1.82, 2.24) is 19.9 Å². The third-order valence-corrected chi connectivity index (χ3v) is 5.80. The van der Waals surface area contributed by atoms with Crippen LogP contribution in [0.4, 0.5) is 0 Å². The Morgan fingerprint density at radius 3 is 2.85 bits per heavy atom. The molecule has 1 atom stereocenters. The summed E-state index contributed by atoms with van der Waals surface area (Å²) in [5.74, 6) is 0.344. The van der Waals surface area contributed by atoms with E-state index < -0.39 is 0 Å². The maximum Gasteiger partial charge on any atom is 0.155 e. The van der Waals surface area contributed by atoms with Crippen LogP contribution in [0.15, 0.2) is 61.1 Å². The first-order valence-corrected chi connectivity index (χ1v) is 9.46. The van der Waals surface area contributed by atoms with Crippen molar-refractivity contribution in [3.8, 4) is 11.1 Å². The molecule has 4 aromatic rings. The number of aryl methyl sites for hydroxylation is 1. The molecule has 0 saturated carbocycles. The Labute approximate surface area is 162 Å². The van der Waals surface area contributed by atoms with Gasteiger partial charge in [0.25, 0.3) is 0 Å². The lowest BCUT2D eigenvalue weighted by atomic mass is 9.84. The molecular formula is C22H19ClN4. The van der Waals surface area contributed by atoms with Gasteiger partial charge in [0.15, 0.2) is 5.65 Å². The van der Waals surface area contributed by atoms with Gasteiger partial charge in [0.05, 0.1) is 0 Å². The standard InChI is InChI=1S/C22H19ClN4/c1-14-8-16(3-6-21(14)23)20-11-24-10-18-9-15(2-5-19(18)20)17-4-7-22-25-13-26-27(22)12-17/h2-9,12-13,20,24H,10-11H2,1H3. The predicted molar refractivity (Wildman–Crippen MR) is 108 cm³/mol. The highest BCUT2D eigenvalue weighted by molar-refractivity contribution is 6.31. The molecule has 1 aliphatic rings. The Morgan fingerprint density at radius 2 is 1.96 bits per heavy atom. The Hall–Kier alpha value is -2.69. The molecule has 4 nitrogen and oxygen atoms in total. The molecule has 5 heteroatoms. The van der Waals surface area contributed by atoms with E-state index in [2.05, 4.69) is 58.7 Å². The minimum absolute atomic E-state index is 0.344. The van der Waals surface area contributed by atoms with Crippen LogP contribution in [0.1, 0.15) is 28.2 Å². The van der Waals surface area contributed by atoms with Gasteiger partial charge in [-0.25, -0.2) is 9.50 Å². The minimum Gasteiger partial charge on any atom is -0.312 e. The summed E-state index contributed by atoms with van der Waals surface area (Å²) in [5.41, 5.74) is 8.36. The van der Waals surface area contributed by atoms with E-state index in [4.69, 9.17) is 11.6 Å². The number of halogens is 1. The third kappa shape index (κ3) is 2.91. The summed E-state index contributed by atoms with van der Waals surface area (Å²) in [7, 11) is 0. The van der Waals surface area contributed by atoms with Gasteiger partial charge >= 0.3 is 0 Å². The molecule has 0 fully saturated rings. The maximum atomic E-state index is 6.21. The lowest BCUT2D eigenvalue weighted by molar-refractivity contribution is 0.591. The smallest absolute Gasteiger partial charge is 0.155 e. The second-order valence-electron chi connectivity index (χ2n) is 7.09. The van der Waals surface area contributed by atoms with Gasteiger partial charge in [-0.05, 0) is 59.0 Å². The van der Waals surface area contributed by atoms with E-state index in [-0.39, 0.29) is 0 Å². The largest absolute Gasteiger partial charge is 0.312 e. The van der Waals surface area contributed by atoms with E-state index >= 15 is 0 Å². The van der Waals surface area contributed by atoms with Crippen LogP contribution in [0.25, 0.3) is 16.8 Å². The monoisotopic (exact) mass is 374 g/mol. The van der Waals surface area contributed by atoms with Gasteiger partial charge in [-0.1, -0.05) is 35.9 Å². The van der Waals surface area contributed by atoms with Gasteiger partial charge in [0.1, 0.15) is 6.33 Å². The van der Waals surface area contributed by atoms with Crippen LogP contribution in [-0.4, -0.2) is 21.1 Å². The van der Waals surface area contributed by atoms with Crippen LogP contribution in [0, 0.1) is 6.92 Å². The Balaban J connectivity index is 1.55. The number of fused-ring (bicyclic) bond motifs is 2. The molecule has 0 amide bonds. The summed E-state index contributed by atoms with van der Waals surface area (Å²) in [6.07, 6.45) is 3.61. The van der Waals surface area contributed by atoms with Crippen LogP contribution >= 0.6 is 11.6 Å². The van der Waals surface area contributed by atoms with Crippen LogP contribution in [-0.2, 0) is 6.54 Å². The van der Waals surface area contributed by atoms with Crippen molar-refractivity contribution < 1.29 is 0 Å². The Morgan fingerprint density at radius 1 is 1.07 bits per heavy atom. The highest BCUT2D eigenvalue weighted by atomic mass is 35.5. The van der Waals surface area contributed by atoms with Gasteiger partial charge in [0, 0.05) is 35.8 Å². The molecule has 27 heavy (non-hydrogen) atoms. The summed E-state index contributed by atoms with van der Waals surface area (Å²) in [6.45, 7) is 3.89. The van der Waals surface area contributed by atoms with Gasteiger partial charge in [-0.3, -0.25) is 0 Å². The lowest BCUT2D eigenvalue weighted by Crippen LogP contribution is -2.28. The topological polar surface area (TPSA) is 42.2 Å². The van der Waals surface area contributed by atoms with E-state index in [1.807, 2.05) is 22.8 Å². The summed E-state index contributed by atoms with van der Waals surface area (Å²) >= 11 is 6.21. The number of rotatable bonds is 2. The number of nitrogens with one attached hydrogen (secondary N) is 1. The van der Waals surface area contributed by atoms with Crippen molar-refractivity contribution in [3.63, 3.8) is 0 Å². The van der Waals surface area contributed by atoms with Gasteiger partial charge in [0.2, 0.25) is 0 Å². The van der Waals surface area contributed by atoms with E-state index in [9.17, 15) is 0 Å². The van der Waals surface area contributed by atoms with Crippen molar-refractivity contribution in [1.29, 1.82) is 0 Å². The molecule has 2 aromatic heterocycles. The molecular weight excluding hydrogens is 356 g/mol. The quantitative estimate of drug-likeness (QED) is 0.558. The van der Waals surface area contributed by atoms with E-state index in [1.165, 1.54) is 22.3 Å². The van der Waals surface area contributed by atoms with Crippen LogP contribution < -0.4 is 5.32 Å². The molecule has 0 saturated heterocycles. The van der Waals surface area contributed by atoms with Crippen LogP contribution in [0.5, 0.6) is 0 Å². The summed E-state index contributed by atoms with van der Waals surface area (Å²) in [6, 6.07) is 17.2. The molecule has 0 aliphatic carbocycles. The SMILES string of the molecule is Cc1cc(C2CNCc3cc(-c4ccc5ncnn5c4)ccc32)ccc1Cl. The predicted octanol–water partition coefficient (Wildman–Crippen LogP) is 4.59. The van der Waals surface area contributed by atoms with E-state index in [0.717, 1.165) is 34.9 Å². The Bertz CT molecular complexity index is 1150. The number of pyridine rings is 1. The van der Waals surface area contributed by atoms with E-state index in [1.54, 1.807) is 6.33 Å². The summed E-state index contributed by atoms with van der Waals surface area (Å²) in [5, 5.41) is 8.63. The summed E-state index contributed by atoms with van der Waals surface area (Å²) < 4.78 is 1.81. The average molecular weight is 375 g/mol. The highest BCUT2D eigenvalue weighted by Gasteiger charge is 2.22. The normalized spacial score (nSPS) is 16.4. The molecule has 0 radical (unpaired) electrons. The van der Waals surface area contributed by atoms with Crippen molar-refractivity contribution in [2.75, 3.05) is 6.54 Å². The minimum atomic E-state index is 0.344. The van der Waals surface area contributed by atoms with Gasteiger partial charge < -0.3 is 5.32 Å². The second-order valence-corrected chi connectivity index (χ2v) is 7.49. The molecule has 0 spiro atoms. The molecule has 1 aliphatic heterocycles. The van der Waals surface area contributed by atoms with Crippen LogP contribution in [0.3, 0.4) is 0 Å². The molecule has 0 bridgehead atoms. The lowest BCUT2D eigenvalue weighted by Gasteiger charge is -2.28. The first-order chi connectivity index (χ1) is 13.2. The molecule has 1 N–H and O–H groups in total. The first kappa shape index (κ1) is 16.5. The highest BCUT2D eigenvalue weighted by Crippen LogP contribution is 2.34. The number of benzene rings is 2. The third-order valence-electron chi connectivity index (χ3n) is 5.37. The molecule has 134 valence electrons. The maximum absolute atomic E-state index is 6.21. The number of nitrogens with zero attached hydrogens (tertiary/aromatic N) is 3. The zero-order valence-corrected chi connectivity index (χ0v) is 15.7. The molecule has 1 unspecified atom stereocenters. The fourth-order valence-corrected chi connectivity index (χ4v) is 4.03. The fraction of sp³-hybridized carbons (Fsp3) is 0.182. The molecule has 5 rings (SSSR count). The average Bonchev–Trinajstić information content (AvgIpc) is 3.17. The van der Waals surface area contributed by atoms with Crippen LogP contribution in [0.2, 0.25) is 5.02 Å². The number of hydrogen-bond donors (Lipinski definition) is 1. The molecule has 2 aromatic carbocycles. The van der Waals surface area contributed by atoms with E-state index in [0.29, 0.717) is 5.92 Å². The zero-order chi connectivity index (χ0) is 18.4. The molecule has 3 heterocycles. The van der Waals surface area contributed by atoms with Crippen molar-refractivity contribution in [3.05, 3.63) is 88.3 Å². The second kappa shape index (κ2) is 6.48. The first-order valence-electron chi connectivity index (χ1n) is 9.08. The van der Waals surface area contributed by atoms with Crippen molar-refractivity contribution >= 4 is 17.2 Å². The Kier molecular flexibility index (Phi) is 3.96. The van der Waals surface area contributed by atoms with Crippen molar-refractivity contribution in [2.45, 2.75) is 19.4 Å². The summed E-state index contributed by atoms with van der Waals surface area (Å²) in [4.78, 5) is 4.21. The fourth-order valence-electron chi connectivity index (χ4n) is 3.91. The van der Waals surface area contributed by atoms with Gasteiger partial charge in [-0.2, -0.15) is 5.10 Å². The van der Waals surface area contributed by atoms with Crippen molar-refractivity contribution in [2.24, 2.45) is 0 Å². The van der Waals surface area contributed by atoms with Gasteiger partial charge in [-0.15, -0.1) is 0 Å². The zero-order valence-electron chi connectivity index (χ0n) is 15.0.